The van der Waals surface area contributed by atoms with E-state index in [1.54, 1.807) is 0 Å². The Balaban J connectivity index is 1.32. The third-order valence-electron chi connectivity index (χ3n) is 7.18. The van der Waals surface area contributed by atoms with Gasteiger partial charge in [0.1, 0.15) is 19.3 Å². The normalized spacial score (nSPS) is 23.5. The van der Waals surface area contributed by atoms with Crippen LogP contribution in [0.3, 0.4) is 0 Å². The molecule has 2 heterocycles. The van der Waals surface area contributed by atoms with E-state index in [4.69, 9.17) is 0 Å². The molecule has 2 aromatic rings. The highest BCUT2D eigenvalue weighted by Crippen LogP contribution is 2.23. The first-order chi connectivity index (χ1) is 17.1. The van der Waals surface area contributed by atoms with Crippen molar-refractivity contribution in [2.45, 2.75) is 44.6 Å². The molecule has 4 atom stereocenters. The van der Waals surface area contributed by atoms with Crippen LogP contribution in [0.25, 0.3) is 0 Å². The summed E-state index contributed by atoms with van der Waals surface area (Å²) in [6.45, 7) is 5.12. The van der Waals surface area contributed by atoms with E-state index in [2.05, 4.69) is 51.1 Å². The Labute approximate surface area is 208 Å². The van der Waals surface area contributed by atoms with Crippen LogP contribution in [0.15, 0.2) is 54.6 Å². The number of aliphatic hydroxyl groups excluding tert-OH is 1. The molecule has 8 heteroatoms. The van der Waals surface area contributed by atoms with E-state index in [9.17, 15) is 9.90 Å². The zero-order valence-corrected chi connectivity index (χ0v) is 20.8. The highest BCUT2D eigenvalue weighted by molar-refractivity contribution is 5.95. The molecule has 8 nitrogen and oxygen atoms in total. The number of likely N-dealkylation sites (N-methyl/N-ethyl adjacent to an activating group) is 1. The quantitative estimate of drug-likeness (QED) is 0.336. The van der Waals surface area contributed by atoms with Gasteiger partial charge in [-0.05, 0) is 44.2 Å². The number of hydrogen-bond donors (Lipinski definition) is 5. The van der Waals surface area contributed by atoms with E-state index < -0.39 is 0 Å². The number of hydrogen-bond acceptors (Lipinski definition) is 6. The summed E-state index contributed by atoms with van der Waals surface area (Å²) < 4.78 is 2.40. The fourth-order valence-electron chi connectivity index (χ4n) is 4.99. The van der Waals surface area contributed by atoms with Crippen LogP contribution in [-0.4, -0.2) is 72.3 Å². The summed E-state index contributed by atoms with van der Waals surface area (Å²) in [5.74, 6) is 0.437. The zero-order chi connectivity index (χ0) is 24.6. The fourth-order valence-corrected chi connectivity index (χ4v) is 4.99. The van der Waals surface area contributed by atoms with E-state index >= 15 is 0 Å². The number of aliphatic hydroxyl groups is 1. The lowest BCUT2D eigenvalue weighted by Gasteiger charge is -2.30. The lowest BCUT2D eigenvalue weighted by molar-refractivity contribution is -0.527. The Hall–Kier alpha value is -2.78. The molecule has 1 amide bonds. The van der Waals surface area contributed by atoms with Crippen molar-refractivity contribution in [3.63, 3.8) is 0 Å². The van der Waals surface area contributed by atoms with Crippen LogP contribution in [0.1, 0.15) is 48.1 Å². The van der Waals surface area contributed by atoms with E-state index in [0.29, 0.717) is 30.6 Å². The SMILES string of the molecule is CC[N+]1=CCC(C2NNC(CNc3cccc(C(=O)N[C@@H](CCO)c4ccccc4)c3)N2C)CC1. The molecule has 0 bridgehead atoms. The van der Waals surface area contributed by atoms with Crippen molar-refractivity contribution in [3.8, 4) is 0 Å². The van der Waals surface area contributed by atoms with Crippen LogP contribution in [0.4, 0.5) is 5.69 Å². The Morgan fingerprint density at radius 3 is 2.74 bits per heavy atom. The maximum Gasteiger partial charge on any atom is 0.251 e. The maximum atomic E-state index is 13.0. The number of nitrogens with one attached hydrogen (secondary N) is 4. The van der Waals surface area contributed by atoms with Crippen molar-refractivity contribution < 1.29 is 14.5 Å². The van der Waals surface area contributed by atoms with Gasteiger partial charge in [0.2, 0.25) is 0 Å². The van der Waals surface area contributed by atoms with Gasteiger partial charge in [-0.25, -0.2) is 15.4 Å². The predicted octanol–water partition coefficient (Wildman–Crippen LogP) is 2.16. The van der Waals surface area contributed by atoms with E-state index in [1.165, 1.54) is 6.42 Å². The van der Waals surface area contributed by atoms with Gasteiger partial charge in [-0.1, -0.05) is 36.4 Å². The zero-order valence-electron chi connectivity index (χ0n) is 20.8. The average molecular weight is 480 g/mol. The number of hydrazine groups is 1. The molecule has 0 spiro atoms. The highest BCUT2D eigenvalue weighted by Gasteiger charge is 2.36. The summed E-state index contributed by atoms with van der Waals surface area (Å²) in [4.78, 5) is 15.3. The number of benzene rings is 2. The second-order valence-corrected chi connectivity index (χ2v) is 9.42. The summed E-state index contributed by atoms with van der Waals surface area (Å²) in [5.41, 5.74) is 9.40. The molecular formula is C27H39N6O2+. The molecule has 1 saturated heterocycles. The lowest BCUT2D eigenvalue weighted by atomic mass is 9.95. The molecule has 3 unspecified atom stereocenters. The van der Waals surface area contributed by atoms with Crippen molar-refractivity contribution in [3.05, 3.63) is 65.7 Å². The first-order valence-corrected chi connectivity index (χ1v) is 12.7. The van der Waals surface area contributed by atoms with Gasteiger partial charge in [-0.2, -0.15) is 0 Å². The highest BCUT2D eigenvalue weighted by atomic mass is 16.3. The minimum absolute atomic E-state index is 0.00806. The molecule has 5 N–H and O–H groups in total. The largest absolute Gasteiger partial charge is 0.396 e. The summed E-state index contributed by atoms with van der Waals surface area (Å²) in [7, 11) is 2.16. The van der Waals surface area contributed by atoms with Crippen LogP contribution in [0.2, 0.25) is 0 Å². The number of amides is 1. The van der Waals surface area contributed by atoms with Gasteiger partial charge in [0.05, 0.1) is 18.4 Å². The van der Waals surface area contributed by atoms with E-state index in [1.807, 2.05) is 54.6 Å². The molecule has 35 heavy (non-hydrogen) atoms. The Morgan fingerprint density at radius 1 is 1.20 bits per heavy atom. The van der Waals surface area contributed by atoms with Gasteiger partial charge in [0, 0.05) is 43.2 Å². The molecule has 0 aliphatic carbocycles. The first-order valence-electron chi connectivity index (χ1n) is 12.7. The Bertz CT molecular complexity index is 998. The third kappa shape index (κ3) is 6.46. The molecule has 2 aliphatic rings. The minimum atomic E-state index is -0.230. The summed E-state index contributed by atoms with van der Waals surface area (Å²) in [6.07, 6.45) is 5.54. The molecule has 0 radical (unpaired) electrons. The number of rotatable bonds is 10. The van der Waals surface area contributed by atoms with E-state index in [0.717, 1.165) is 30.8 Å². The van der Waals surface area contributed by atoms with Crippen molar-refractivity contribution in [2.75, 3.05) is 38.6 Å². The summed E-state index contributed by atoms with van der Waals surface area (Å²) in [6, 6.07) is 17.1. The van der Waals surface area contributed by atoms with Crippen molar-refractivity contribution in [1.29, 1.82) is 0 Å². The molecule has 0 saturated carbocycles. The second kappa shape index (κ2) is 12.3. The molecule has 2 aliphatic heterocycles. The van der Waals surface area contributed by atoms with Crippen molar-refractivity contribution >= 4 is 17.8 Å². The average Bonchev–Trinajstić information content (AvgIpc) is 3.28. The lowest BCUT2D eigenvalue weighted by Crippen LogP contribution is -2.45. The molecule has 0 aromatic heterocycles. The smallest absolute Gasteiger partial charge is 0.251 e. The number of carbonyl (C=O) groups excluding carboxylic acids is 1. The number of anilines is 1. The van der Waals surface area contributed by atoms with Crippen LogP contribution in [-0.2, 0) is 0 Å². The minimum Gasteiger partial charge on any atom is -0.396 e. The fraction of sp³-hybridized carbons (Fsp3) is 0.481. The van der Waals surface area contributed by atoms with Gasteiger partial charge in [-0.3, -0.25) is 9.69 Å². The van der Waals surface area contributed by atoms with Crippen LogP contribution >= 0.6 is 0 Å². The van der Waals surface area contributed by atoms with Crippen LogP contribution < -0.4 is 21.5 Å². The van der Waals surface area contributed by atoms with E-state index in [-0.39, 0.29) is 24.7 Å². The van der Waals surface area contributed by atoms with Gasteiger partial charge in [0.15, 0.2) is 0 Å². The maximum absolute atomic E-state index is 13.0. The molecule has 2 aromatic carbocycles. The molecular weight excluding hydrogens is 440 g/mol. The second-order valence-electron chi connectivity index (χ2n) is 9.42. The summed E-state index contributed by atoms with van der Waals surface area (Å²) >= 11 is 0. The third-order valence-corrected chi connectivity index (χ3v) is 7.18. The van der Waals surface area contributed by atoms with Gasteiger partial charge in [0.25, 0.3) is 5.91 Å². The van der Waals surface area contributed by atoms with Crippen LogP contribution in [0, 0.1) is 5.92 Å². The van der Waals surface area contributed by atoms with Gasteiger partial charge >= 0.3 is 0 Å². The monoisotopic (exact) mass is 479 g/mol. The van der Waals surface area contributed by atoms with Crippen molar-refractivity contribution in [2.24, 2.45) is 5.92 Å². The van der Waals surface area contributed by atoms with Gasteiger partial charge in [-0.15, -0.1) is 0 Å². The number of nitrogens with zero attached hydrogens (tertiary/aromatic N) is 2. The Morgan fingerprint density at radius 2 is 2.03 bits per heavy atom. The van der Waals surface area contributed by atoms with Crippen molar-refractivity contribution in [1.82, 2.24) is 21.1 Å². The molecule has 1 fully saturated rings. The van der Waals surface area contributed by atoms with Gasteiger partial charge < -0.3 is 15.7 Å². The molecule has 188 valence electrons. The predicted molar refractivity (Wildman–Crippen MR) is 139 cm³/mol. The topological polar surface area (TPSA) is 91.7 Å². The first kappa shape index (κ1) is 25.3. The van der Waals surface area contributed by atoms with Crippen LogP contribution in [0.5, 0.6) is 0 Å². The summed E-state index contributed by atoms with van der Waals surface area (Å²) in [5, 5.41) is 16.0. The molecule has 4 rings (SSSR count). The standard InChI is InChI=1S/C27H38N6O2/c1-3-33-15-12-21(13-16-33)26-31-30-25(32(26)2)19-28-23-11-7-10-22(18-23)27(35)29-24(14-17-34)20-8-5-4-6-9-20/h4-11,15,18,21,24-26,28,30-31,34H,3,12-14,16-17,19H2,1-2H3/p+1/t21?,24-,25?,26?/m0/s1. The number of carbonyl (C=O) groups is 1. The Kier molecular flexibility index (Phi) is 8.87.